The minimum absolute atomic E-state index is 0.0306. The molecule has 0 aliphatic rings. The molecule has 0 unspecified atom stereocenters. The van der Waals surface area contributed by atoms with E-state index in [-0.39, 0.29) is 29.7 Å². The van der Waals surface area contributed by atoms with Crippen molar-refractivity contribution in [3.63, 3.8) is 0 Å². The number of alkyl halides is 3. The topological polar surface area (TPSA) is 104 Å². The molecule has 4 rings (SSSR count). The van der Waals surface area contributed by atoms with Crippen LogP contribution in [-0.4, -0.2) is 38.0 Å². The van der Waals surface area contributed by atoms with Crippen LogP contribution in [0.2, 0.25) is 0 Å². The molecule has 2 N–H and O–H groups in total. The molecule has 11 heteroatoms. The summed E-state index contributed by atoms with van der Waals surface area (Å²) in [6.45, 7) is 4.08. The highest BCUT2D eigenvalue weighted by Crippen LogP contribution is 2.38. The normalized spacial score (nSPS) is 11.9. The Kier molecular flexibility index (Phi) is 6.10. The molecule has 35 heavy (non-hydrogen) atoms. The smallest absolute Gasteiger partial charge is 0.451 e. The van der Waals surface area contributed by atoms with Crippen molar-refractivity contribution in [2.24, 2.45) is 5.92 Å². The average Bonchev–Trinajstić information content (AvgIpc) is 3.31. The fraction of sp³-hybridized carbons (Fsp3) is 0.250. The zero-order chi connectivity index (χ0) is 25.5. The number of aromatic amines is 1. The first-order valence-electron chi connectivity index (χ1n) is 10.7. The van der Waals surface area contributed by atoms with Crippen LogP contribution in [0.25, 0.3) is 33.3 Å². The van der Waals surface area contributed by atoms with E-state index in [9.17, 15) is 27.9 Å². The van der Waals surface area contributed by atoms with Crippen LogP contribution in [-0.2, 0) is 12.7 Å². The van der Waals surface area contributed by atoms with Gasteiger partial charge in [-0.25, -0.2) is 9.78 Å². The monoisotopic (exact) mass is 485 g/mol. The third-order valence-corrected chi connectivity index (χ3v) is 5.47. The van der Waals surface area contributed by atoms with E-state index < -0.39 is 23.7 Å². The van der Waals surface area contributed by atoms with Crippen molar-refractivity contribution in [2.75, 3.05) is 11.9 Å². The maximum Gasteiger partial charge on any atom is 0.451 e. The maximum absolute atomic E-state index is 13.5. The number of carbonyl (C=O) groups is 1. The number of anilines is 1. The zero-order valence-corrected chi connectivity index (χ0v) is 19.1. The quantitative estimate of drug-likeness (QED) is 0.402. The van der Waals surface area contributed by atoms with E-state index in [1.807, 2.05) is 18.9 Å². The van der Waals surface area contributed by atoms with Gasteiger partial charge in [-0.05, 0) is 29.0 Å². The van der Waals surface area contributed by atoms with Crippen LogP contribution in [0.5, 0.6) is 0 Å². The molecule has 0 aliphatic carbocycles. The number of aromatic nitrogens is 4. The molecule has 1 amide bonds. The molecule has 0 bridgehead atoms. The Morgan fingerprint density at radius 3 is 2.37 bits per heavy atom. The number of nitrogens with zero attached hydrogens (tertiary/aromatic N) is 4. The SMILES string of the molecule is CC(C)Cn1c(N(C)C(=O)O)c(-c2ccccc2)c2cc(-c3n[nH]c(C(F)(F)F)n3)ccc2c1=O. The highest BCUT2D eigenvalue weighted by atomic mass is 19.4. The third-order valence-electron chi connectivity index (χ3n) is 5.47. The Bertz CT molecular complexity index is 1460. The van der Waals surface area contributed by atoms with Crippen molar-refractivity contribution in [3.8, 4) is 22.5 Å². The van der Waals surface area contributed by atoms with Gasteiger partial charge in [-0.1, -0.05) is 50.2 Å². The molecular weight excluding hydrogens is 463 g/mol. The minimum Gasteiger partial charge on any atom is -0.465 e. The summed E-state index contributed by atoms with van der Waals surface area (Å²) >= 11 is 0. The standard InChI is InChI=1S/C24H22F3N5O3/c1-13(2)12-32-20(31(3)23(34)35)18(14-7-5-4-6-8-14)17-11-15(9-10-16(17)21(32)33)19-28-22(30-29-19)24(25,26)27/h4-11,13H,12H2,1-3H3,(H,34,35)(H,28,29,30). The molecule has 0 atom stereocenters. The van der Waals surface area contributed by atoms with Crippen LogP contribution >= 0.6 is 0 Å². The lowest BCUT2D eigenvalue weighted by atomic mass is 9.96. The number of hydrogen-bond donors (Lipinski definition) is 2. The predicted octanol–water partition coefficient (Wildman–Crippen LogP) is 5.24. The number of fused-ring (bicyclic) bond motifs is 1. The van der Waals surface area contributed by atoms with Gasteiger partial charge < -0.3 is 5.11 Å². The van der Waals surface area contributed by atoms with Gasteiger partial charge in [0.1, 0.15) is 5.82 Å². The lowest BCUT2D eigenvalue weighted by Gasteiger charge is -2.26. The van der Waals surface area contributed by atoms with Gasteiger partial charge in [0, 0.05) is 30.1 Å². The molecule has 0 fully saturated rings. The molecule has 182 valence electrons. The van der Waals surface area contributed by atoms with Gasteiger partial charge in [0.05, 0.1) is 0 Å². The van der Waals surface area contributed by atoms with Gasteiger partial charge in [-0.2, -0.15) is 18.3 Å². The predicted molar refractivity (Wildman–Crippen MR) is 125 cm³/mol. The van der Waals surface area contributed by atoms with Gasteiger partial charge in [-0.3, -0.25) is 19.4 Å². The van der Waals surface area contributed by atoms with Crippen LogP contribution in [0.3, 0.4) is 0 Å². The molecule has 0 aliphatic heterocycles. The summed E-state index contributed by atoms with van der Waals surface area (Å²) in [7, 11) is 1.35. The Hall–Kier alpha value is -4.15. The number of carboxylic acid groups (broad SMARTS) is 1. The highest BCUT2D eigenvalue weighted by Gasteiger charge is 2.35. The number of pyridine rings is 1. The second-order valence-corrected chi connectivity index (χ2v) is 8.48. The first-order chi connectivity index (χ1) is 16.5. The van der Waals surface area contributed by atoms with Crippen molar-refractivity contribution in [1.29, 1.82) is 0 Å². The Labute approximate surface area is 197 Å². The summed E-state index contributed by atoms with van der Waals surface area (Å²) in [5.74, 6) is -1.24. The average molecular weight is 485 g/mol. The molecule has 0 spiro atoms. The maximum atomic E-state index is 13.5. The highest BCUT2D eigenvalue weighted by molar-refractivity contribution is 6.05. The summed E-state index contributed by atoms with van der Waals surface area (Å²) in [4.78, 5) is 30.1. The van der Waals surface area contributed by atoms with E-state index in [2.05, 4.69) is 10.1 Å². The van der Waals surface area contributed by atoms with E-state index in [0.717, 1.165) is 4.90 Å². The van der Waals surface area contributed by atoms with Crippen molar-refractivity contribution < 1.29 is 23.1 Å². The van der Waals surface area contributed by atoms with E-state index in [1.165, 1.54) is 29.8 Å². The number of rotatable bonds is 5. The summed E-state index contributed by atoms with van der Waals surface area (Å²) in [6.07, 6.45) is -5.96. The second-order valence-electron chi connectivity index (χ2n) is 8.48. The Balaban J connectivity index is 2.10. The number of hydrogen-bond acceptors (Lipinski definition) is 4. The Morgan fingerprint density at radius 1 is 1.11 bits per heavy atom. The third kappa shape index (κ3) is 4.48. The van der Waals surface area contributed by atoms with Crippen LogP contribution in [0.15, 0.2) is 53.3 Å². The van der Waals surface area contributed by atoms with E-state index in [0.29, 0.717) is 21.9 Å². The molecule has 2 aromatic heterocycles. The fourth-order valence-corrected chi connectivity index (χ4v) is 3.95. The van der Waals surface area contributed by atoms with Crippen molar-refractivity contribution in [1.82, 2.24) is 19.7 Å². The van der Waals surface area contributed by atoms with Crippen molar-refractivity contribution in [3.05, 3.63) is 64.7 Å². The summed E-state index contributed by atoms with van der Waals surface area (Å²) < 4.78 is 40.5. The fourth-order valence-electron chi connectivity index (χ4n) is 3.95. The van der Waals surface area contributed by atoms with E-state index in [4.69, 9.17) is 0 Å². The van der Waals surface area contributed by atoms with Crippen molar-refractivity contribution >= 4 is 22.7 Å². The summed E-state index contributed by atoms with van der Waals surface area (Å²) in [5, 5.41) is 16.1. The molecule has 2 heterocycles. The second kappa shape index (κ2) is 8.90. The summed E-state index contributed by atoms with van der Waals surface area (Å²) in [6, 6.07) is 13.4. The zero-order valence-electron chi connectivity index (χ0n) is 19.1. The van der Waals surface area contributed by atoms with Crippen LogP contribution in [0, 0.1) is 5.92 Å². The first-order valence-corrected chi connectivity index (χ1v) is 10.7. The van der Waals surface area contributed by atoms with Crippen LogP contribution < -0.4 is 10.5 Å². The van der Waals surface area contributed by atoms with Crippen LogP contribution in [0.4, 0.5) is 23.8 Å². The van der Waals surface area contributed by atoms with Gasteiger partial charge >= 0.3 is 12.3 Å². The number of halogens is 3. The van der Waals surface area contributed by atoms with Gasteiger partial charge in [0.25, 0.3) is 5.56 Å². The van der Waals surface area contributed by atoms with Crippen molar-refractivity contribution in [2.45, 2.75) is 26.6 Å². The molecular formula is C24H22F3N5O3. The number of benzene rings is 2. The van der Waals surface area contributed by atoms with Gasteiger partial charge in [0.2, 0.25) is 5.82 Å². The molecule has 0 saturated carbocycles. The number of H-pyrrole nitrogens is 1. The molecule has 2 aromatic carbocycles. The van der Waals surface area contributed by atoms with Crippen LogP contribution in [0.1, 0.15) is 19.7 Å². The van der Waals surface area contributed by atoms with Gasteiger partial charge in [-0.15, -0.1) is 0 Å². The first kappa shape index (κ1) is 24.0. The van der Waals surface area contributed by atoms with Gasteiger partial charge in [0.15, 0.2) is 5.82 Å². The van der Waals surface area contributed by atoms with E-state index >= 15 is 0 Å². The largest absolute Gasteiger partial charge is 0.465 e. The molecule has 0 radical (unpaired) electrons. The lowest BCUT2D eigenvalue weighted by molar-refractivity contribution is -0.144. The molecule has 8 nitrogen and oxygen atoms in total. The summed E-state index contributed by atoms with van der Waals surface area (Å²) in [5.41, 5.74) is 0.931. The number of nitrogens with one attached hydrogen (secondary N) is 1. The van der Waals surface area contributed by atoms with E-state index in [1.54, 1.807) is 30.3 Å². The lowest BCUT2D eigenvalue weighted by Crippen LogP contribution is -2.34. The number of amides is 1. The molecule has 4 aromatic rings. The Morgan fingerprint density at radius 2 is 1.80 bits per heavy atom. The molecule has 0 saturated heterocycles. The minimum atomic E-state index is -4.70.